The van der Waals surface area contributed by atoms with Crippen LogP contribution < -0.4 is 10.2 Å². The molecule has 0 bridgehead atoms. The average Bonchev–Trinajstić information content (AvgIpc) is 1.36. The Morgan fingerprint density at radius 2 is 2.00 bits per heavy atom. The van der Waals surface area contributed by atoms with E-state index in [4.69, 9.17) is 0 Å². The normalized spacial score (nSPS) is 13.7. The molecule has 0 saturated heterocycles. The maximum Gasteiger partial charge on any atom is 0.0276 e. The van der Waals surface area contributed by atoms with Crippen molar-refractivity contribution >= 4 is 5.97 Å². The van der Waals surface area contributed by atoms with Crippen molar-refractivity contribution in [3.8, 4) is 0 Å². The second kappa shape index (κ2) is 1.77. The lowest BCUT2D eigenvalue weighted by atomic mass is 10.4. The van der Waals surface area contributed by atoms with Crippen molar-refractivity contribution in [3.05, 3.63) is 0 Å². The molecule has 0 rings (SSSR count). The summed E-state index contributed by atoms with van der Waals surface area (Å²) >= 11 is 0. The molecular weight excluding hydrogens is 84.0 g/mol. The Kier molecular flexibility index (Phi) is 1.60. The Balaban J connectivity index is 3.26. The highest BCUT2D eigenvalue weighted by Gasteiger charge is 1.76. The third-order valence-corrected chi connectivity index (χ3v) is 0.332. The van der Waals surface area contributed by atoms with Gasteiger partial charge in [0.2, 0.25) is 0 Å². The maximum atomic E-state index is 9.56. The number of aliphatic carboxylic acids is 1. The molecule has 1 atom stereocenters. The summed E-state index contributed by atoms with van der Waals surface area (Å²) < 4.78 is 0. The molecular formula is C3H4O3-2. The van der Waals surface area contributed by atoms with Gasteiger partial charge in [0.05, 0.1) is 0 Å². The van der Waals surface area contributed by atoms with Gasteiger partial charge in [0.1, 0.15) is 0 Å². The second-order valence-electron chi connectivity index (χ2n) is 0.961. The number of rotatable bonds is 1. The van der Waals surface area contributed by atoms with E-state index in [0.29, 0.717) is 0 Å². The van der Waals surface area contributed by atoms with Crippen LogP contribution in [0, 0.1) is 0 Å². The van der Waals surface area contributed by atoms with E-state index in [2.05, 4.69) is 0 Å². The number of hydrogen-bond donors (Lipinski definition) is 0. The van der Waals surface area contributed by atoms with E-state index in [-0.39, 0.29) is 0 Å². The van der Waals surface area contributed by atoms with Gasteiger partial charge in [0.25, 0.3) is 0 Å². The van der Waals surface area contributed by atoms with Crippen molar-refractivity contribution in [1.82, 2.24) is 0 Å². The molecule has 3 heteroatoms. The van der Waals surface area contributed by atoms with Gasteiger partial charge >= 0.3 is 0 Å². The summed E-state index contributed by atoms with van der Waals surface area (Å²) in [4.78, 5) is 9.28. The fourth-order valence-electron chi connectivity index (χ4n) is 0. The lowest BCUT2D eigenvalue weighted by molar-refractivity contribution is -0.432. The smallest absolute Gasteiger partial charge is 0.0276 e. The molecule has 0 fully saturated rings. The SMILES string of the molecule is C[C@H]([O-])C(=O)[O-]. The predicted octanol–water partition coefficient (Wildman–Crippen LogP) is -2.51. The molecule has 3 nitrogen and oxygen atoms in total. The first kappa shape index (κ1) is 5.43. The monoisotopic (exact) mass is 88.0 g/mol. The van der Waals surface area contributed by atoms with Crippen LogP contribution in [0.25, 0.3) is 0 Å². The molecule has 0 heterocycles. The van der Waals surface area contributed by atoms with Crippen LogP contribution in [0.3, 0.4) is 0 Å². The first-order valence-electron chi connectivity index (χ1n) is 1.51. The van der Waals surface area contributed by atoms with E-state index in [0.717, 1.165) is 6.92 Å². The van der Waals surface area contributed by atoms with Gasteiger partial charge in [-0.1, -0.05) is 13.0 Å². The van der Waals surface area contributed by atoms with Gasteiger partial charge in [-0.3, -0.25) is 0 Å². The Morgan fingerprint density at radius 3 is 2.00 bits per heavy atom. The van der Waals surface area contributed by atoms with Crippen molar-refractivity contribution in [3.63, 3.8) is 0 Å². The highest BCUT2D eigenvalue weighted by Crippen LogP contribution is 1.62. The van der Waals surface area contributed by atoms with Gasteiger partial charge in [-0.25, -0.2) is 0 Å². The highest BCUT2D eigenvalue weighted by atomic mass is 16.4. The van der Waals surface area contributed by atoms with Gasteiger partial charge in [-0.2, -0.15) is 0 Å². The Morgan fingerprint density at radius 1 is 1.83 bits per heavy atom. The number of carboxylic acid groups (broad SMARTS) is 1. The minimum atomic E-state index is -1.59. The first-order valence-corrected chi connectivity index (χ1v) is 1.51. The minimum absolute atomic E-state index is 1.02. The van der Waals surface area contributed by atoms with E-state index in [1.165, 1.54) is 0 Å². The summed E-state index contributed by atoms with van der Waals surface area (Å²) in [6.45, 7) is 1.02. The first-order chi connectivity index (χ1) is 2.64. The summed E-state index contributed by atoms with van der Waals surface area (Å²) in [5.74, 6) is -1.55. The zero-order valence-electron chi connectivity index (χ0n) is 3.30. The molecule has 0 aromatic carbocycles. The molecule has 36 valence electrons. The lowest BCUT2D eigenvalue weighted by Crippen LogP contribution is -2.41. The number of carboxylic acids is 1. The summed E-state index contributed by atoms with van der Waals surface area (Å²) in [6, 6.07) is 0. The molecule has 0 amide bonds. The van der Waals surface area contributed by atoms with Gasteiger partial charge in [0.15, 0.2) is 0 Å². The lowest BCUT2D eigenvalue weighted by Gasteiger charge is -2.15. The quantitative estimate of drug-likeness (QED) is 0.355. The minimum Gasteiger partial charge on any atom is -0.848 e. The second-order valence-corrected chi connectivity index (χ2v) is 0.961. The van der Waals surface area contributed by atoms with Crippen molar-refractivity contribution < 1.29 is 15.0 Å². The van der Waals surface area contributed by atoms with Crippen LogP contribution in [-0.4, -0.2) is 12.1 Å². The molecule has 0 unspecified atom stereocenters. The van der Waals surface area contributed by atoms with Gasteiger partial charge in [0, 0.05) is 5.97 Å². The van der Waals surface area contributed by atoms with Gasteiger partial charge in [-0.15, -0.1) is 0 Å². The molecule has 0 aromatic heterocycles. The fraction of sp³-hybridized carbons (Fsp3) is 0.667. The van der Waals surface area contributed by atoms with Gasteiger partial charge < -0.3 is 15.0 Å². The highest BCUT2D eigenvalue weighted by molar-refractivity contribution is 5.68. The van der Waals surface area contributed by atoms with E-state index in [1.54, 1.807) is 0 Å². The number of carbonyl (C=O) groups is 1. The molecule has 6 heavy (non-hydrogen) atoms. The molecule has 0 aliphatic rings. The largest absolute Gasteiger partial charge is 0.848 e. The Bertz CT molecular complexity index is 57.1. The Labute approximate surface area is 35.2 Å². The summed E-state index contributed by atoms with van der Waals surface area (Å²) in [5, 5.41) is 18.8. The fourth-order valence-corrected chi connectivity index (χ4v) is 0. The van der Waals surface area contributed by atoms with E-state index in [9.17, 15) is 15.0 Å². The van der Waals surface area contributed by atoms with Crippen LogP contribution in [0.1, 0.15) is 6.92 Å². The van der Waals surface area contributed by atoms with E-state index in [1.807, 2.05) is 0 Å². The molecule has 0 saturated carbocycles. The molecule has 0 aromatic rings. The number of hydrogen-bond acceptors (Lipinski definition) is 3. The summed E-state index contributed by atoms with van der Waals surface area (Å²) in [5.41, 5.74) is 0. The Hall–Kier alpha value is -0.570. The molecule has 0 spiro atoms. The van der Waals surface area contributed by atoms with Crippen LogP contribution in [0.2, 0.25) is 0 Å². The molecule has 0 N–H and O–H groups in total. The zero-order chi connectivity index (χ0) is 5.15. The molecule has 0 radical (unpaired) electrons. The van der Waals surface area contributed by atoms with Crippen LogP contribution >= 0.6 is 0 Å². The van der Waals surface area contributed by atoms with E-state index < -0.39 is 12.1 Å². The third kappa shape index (κ3) is 1.72. The van der Waals surface area contributed by atoms with Crippen molar-refractivity contribution in [2.24, 2.45) is 0 Å². The van der Waals surface area contributed by atoms with E-state index >= 15 is 0 Å². The van der Waals surface area contributed by atoms with Gasteiger partial charge in [-0.05, 0) is 0 Å². The zero-order valence-corrected chi connectivity index (χ0v) is 3.30. The van der Waals surface area contributed by atoms with Crippen molar-refractivity contribution in [2.45, 2.75) is 13.0 Å². The summed E-state index contributed by atoms with van der Waals surface area (Å²) in [6.07, 6.45) is -1.59. The van der Waals surface area contributed by atoms with Crippen LogP contribution in [0.5, 0.6) is 0 Å². The predicted molar refractivity (Wildman–Crippen MR) is 14.5 cm³/mol. The summed E-state index contributed by atoms with van der Waals surface area (Å²) in [7, 11) is 0. The van der Waals surface area contributed by atoms with Crippen molar-refractivity contribution in [1.29, 1.82) is 0 Å². The van der Waals surface area contributed by atoms with Crippen LogP contribution in [0.4, 0.5) is 0 Å². The van der Waals surface area contributed by atoms with Crippen LogP contribution in [-0.2, 0) is 4.79 Å². The molecule has 0 aliphatic heterocycles. The maximum absolute atomic E-state index is 9.56. The molecule has 0 aliphatic carbocycles. The van der Waals surface area contributed by atoms with Crippen molar-refractivity contribution in [2.75, 3.05) is 0 Å². The third-order valence-electron chi connectivity index (χ3n) is 0.332. The van der Waals surface area contributed by atoms with Crippen LogP contribution in [0.15, 0.2) is 0 Å². The standard InChI is InChI=1S/C3H5O3/c1-2(4)3(5)6/h2H,1H3,(H,5,6)/q-1/p-1/t2-/m0/s1. The topological polar surface area (TPSA) is 63.2 Å². The average molecular weight is 88.1 g/mol. The number of carbonyl (C=O) groups excluding carboxylic acids is 1.